The van der Waals surface area contributed by atoms with Gasteiger partial charge in [0.1, 0.15) is 5.82 Å². The summed E-state index contributed by atoms with van der Waals surface area (Å²) in [4.78, 5) is 11.8. The molecule has 11 heteroatoms. The zero-order valence-electron chi connectivity index (χ0n) is 15.0. The number of alkyl halides is 2. The second-order valence-corrected chi connectivity index (χ2v) is 7.08. The predicted molar refractivity (Wildman–Crippen MR) is 92.9 cm³/mol. The molecule has 2 rings (SSSR count). The topological polar surface area (TPSA) is 90.9 Å². The van der Waals surface area contributed by atoms with E-state index < -0.39 is 34.2 Å². The molecule has 0 spiro atoms. The third-order valence-electron chi connectivity index (χ3n) is 3.60. The van der Waals surface area contributed by atoms with E-state index in [0.29, 0.717) is 0 Å². The molecule has 152 valence electrons. The van der Waals surface area contributed by atoms with Crippen LogP contribution in [-0.2, 0) is 14.8 Å². The maximum Gasteiger partial charge on any atom is 0.387 e. The van der Waals surface area contributed by atoms with Gasteiger partial charge in [-0.1, -0.05) is 0 Å². The lowest BCUT2D eigenvalue weighted by Crippen LogP contribution is -2.18. The molecule has 0 aliphatic heterocycles. The van der Waals surface area contributed by atoms with Crippen LogP contribution in [0.4, 0.5) is 18.9 Å². The third kappa shape index (κ3) is 4.66. The summed E-state index contributed by atoms with van der Waals surface area (Å²) in [5.41, 5.74) is -0.582. The van der Waals surface area contributed by atoms with Gasteiger partial charge >= 0.3 is 12.6 Å². The molecule has 0 aliphatic rings. The molecular weight excluding hydrogens is 403 g/mol. The number of carbonyl (C=O) groups excluding carboxylic acids is 1. The van der Waals surface area contributed by atoms with E-state index in [9.17, 15) is 26.4 Å². The van der Waals surface area contributed by atoms with Crippen LogP contribution in [0.1, 0.15) is 15.9 Å². The number of anilines is 1. The number of hydrogen-bond donors (Lipinski definition) is 1. The summed E-state index contributed by atoms with van der Waals surface area (Å²) in [6, 6.07) is 4.86. The van der Waals surface area contributed by atoms with Crippen LogP contribution in [0.15, 0.2) is 35.2 Å². The van der Waals surface area contributed by atoms with Gasteiger partial charge in [0.2, 0.25) is 0 Å². The minimum Gasteiger partial charge on any atom is -0.493 e. The quantitative estimate of drug-likeness (QED) is 0.693. The molecule has 2 aromatic carbocycles. The van der Waals surface area contributed by atoms with Crippen molar-refractivity contribution in [3.8, 4) is 11.5 Å². The Morgan fingerprint density at radius 3 is 2.32 bits per heavy atom. The van der Waals surface area contributed by atoms with Gasteiger partial charge in [0, 0.05) is 12.1 Å². The molecule has 1 N–H and O–H groups in total. The Kier molecular flexibility index (Phi) is 6.39. The Morgan fingerprint density at radius 1 is 1.11 bits per heavy atom. The Morgan fingerprint density at radius 2 is 1.79 bits per heavy atom. The van der Waals surface area contributed by atoms with Crippen molar-refractivity contribution in [1.29, 1.82) is 0 Å². The van der Waals surface area contributed by atoms with Crippen molar-refractivity contribution in [2.45, 2.75) is 18.4 Å². The normalized spacial score (nSPS) is 11.2. The van der Waals surface area contributed by atoms with Crippen molar-refractivity contribution < 1.29 is 40.6 Å². The Bertz CT molecular complexity index is 995. The maximum absolute atomic E-state index is 13.3. The van der Waals surface area contributed by atoms with Crippen LogP contribution in [0.5, 0.6) is 11.5 Å². The van der Waals surface area contributed by atoms with E-state index in [-0.39, 0.29) is 27.5 Å². The highest BCUT2D eigenvalue weighted by molar-refractivity contribution is 7.92. The maximum atomic E-state index is 13.3. The average molecular weight is 419 g/mol. The molecule has 0 unspecified atom stereocenters. The highest BCUT2D eigenvalue weighted by atomic mass is 32.2. The van der Waals surface area contributed by atoms with Crippen molar-refractivity contribution >= 4 is 21.7 Å². The third-order valence-corrected chi connectivity index (χ3v) is 5.12. The number of carbonyl (C=O) groups is 1. The molecule has 0 aliphatic carbocycles. The summed E-state index contributed by atoms with van der Waals surface area (Å²) < 4.78 is 79.8. The summed E-state index contributed by atoms with van der Waals surface area (Å²) in [5, 5.41) is 0. The van der Waals surface area contributed by atoms with Gasteiger partial charge in [-0.05, 0) is 30.7 Å². The van der Waals surface area contributed by atoms with Gasteiger partial charge in [-0.2, -0.15) is 8.78 Å². The first kappa shape index (κ1) is 21.4. The van der Waals surface area contributed by atoms with Gasteiger partial charge in [0.05, 0.1) is 30.4 Å². The van der Waals surface area contributed by atoms with Gasteiger partial charge in [0.15, 0.2) is 11.5 Å². The van der Waals surface area contributed by atoms with E-state index in [1.165, 1.54) is 6.92 Å². The molecule has 0 atom stereocenters. The van der Waals surface area contributed by atoms with Crippen LogP contribution in [-0.4, -0.2) is 35.2 Å². The van der Waals surface area contributed by atoms with E-state index in [4.69, 9.17) is 4.74 Å². The van der Waals surface area contributed by atoms with E-state index in [0.717, 1.165) is 44.6 Å². The number of esters is 1. The lowest BCUT2D eigenvalue weighted by molar-refractivity contribution is -0.0511. The minimum absolute atomic E-state index is 0.102. The second-order valence-electron chi connectivity index (χ2n) is 5.43. The monoisotopic (exact) mass is 419 g/mol. The van der Waals surface area contributed by atoms with Gasteiger partial charge in [-0.15, -0.1) is 0 Å². The highest BCUT2D eigenvalue weighted by Gasteiger charge is 2.24. The summed E-state index contributed by atoms with van der Waals surface area (Å²) in [7, 11) is -2.09. The van der Waals surface area contributed by atoms with Gasteiger partial charge in [0.25, 0.3) is 10.0 Å². The van der Waals surface area contributed by atoms with Crippen LogP contribution >= 0.6 is 0 Å². The number of rotatable bonds is 7. The summed E-state index contributed by atoms with van der Waals surface area (Å²) >= 11 is 0. The minimum atomic E-state index is -4.30. The van der Waals surface area contributed by atoms with Crippen molar-refractivity contribution in [2.24, 2.45) is 0 Å². The fourth-order valence-corrected chi connectivity index (χ4v) is 3.68. The smallest absolute Gasteiger partial charge is 0.387 e. The molecule has 0 bridgehead atoms. The molecule has 28 heavy (non-hydrogen) atoms. The van der Waals surface area contributed by atoms with Crippen LogP contribution in [0.3, 0.4) is 0 Å². The van der Waals surface area contributed by atoms with Crippen molar-refractivity contribution in [3.63, 3.8) is 0 Å². The Balaban J connectivity index is 2.59. The number of methoxy groups -OCH3 is 2. The zero-order valence-corrected chi connectivity index (χ0v) is 15.8. The standard InChI is InChI=1S/C17H16F3NO6S/c1-9-6-10(18)4-5-15(9)28(23,24)21-12-8-14(27-17(19)20)13(25-2)7-11(12)16(22)26-3/h4-8,17,21H,1-3H3. The summed E-state index contributed by atoms with van der Waals surface area (Å²) in [6.07, 6.45) is 0. The first-order chi connectivity index (χ1) is 13.1. The average Bonchev–Trinajstić information content (AvgIpc) is 2.60. The number of hydrogen-bond acceptors (Lipinski definition) is 6. The van der Waals surface area contributed by atoms with Crippen molar-refractivity contribution in [1.82, 2.24) is 0 Å². The first-order valence-corrected chi connectivity index (χ1v) is 9.11. The van der Waals surface area contributed by atoms with Crippen LogP contribution in [0.25, 0.3) is 0 Å². The summed E-state index contributed by atoms with van der Waals surface area (Å²) in [6.45, 7) is -1.85. The van der Waals surface area contributed by atoms with Crippen molar-refractivity contribution in [3.05, 3.63) is 47.3 Å². The predicted octanol–water partition coefficient (Wildman–Crippen LogP) is 3.33. The van der Waals surface area contributed by atoms with Crippen LogP contribution in [0.2, 0.25) is 0 Å². The lowest BCUT2D eigenvalue weighted by atomic mass is 10.1. The zero-order chi connectivity index (χ0) is 21.1. The fourth-order valence-electron chi connectivity index (χ4n) is 2.38. The van der Waals surface area contributed by atoms with Gasteiger partial charge < -0.3 is 14.2 Å². The van der Waals surface area contributed by atoms with Crippen LogP contribution in [0, 0.1) is 12.7 Å². The second kappa shape index (κ2) is 8.38. The number of nitrogens with one attached hydrogen (secondary N) is 1. The van der Waals surface area contributed by atoms with Crippen molar-refractivity contribution in [2.75, 3.05) is 18.9 Å². The molecule has 0 saturated carbocycles. The van der Waals surface area contributed by atoms with E-state index in [2.05, 4.69) is 14.2 Å². The molecule has 0 aromatic heterocycles. The molecule has 0 radical (unpaired) electrons. The van der Waals surface area contributed by atoms with Gasteiger partial charge in [-0.3, -0.25) is 4.72 Å². The fraction of sp³-hybridized carbons (Fsp3) is 0.235. The number of aryl methyl sites for hydroxylation is 1. The SMILES string of the molecule is COC(=O)c1cc(OC)c(OC(F)F)cc1NS(=O)(=O)c1ccc(F)cc1C. The molecule has 0 fully saturated rings. The molecule has 2 aromatic rings. The van der Waals surface area contributed by atoms with Gasteiger partial charge in [-0.25, -0.2) is 17.6 Å². The molecular formula is C17H16F3NO6S. The first-order valence-electron chi connectivity index (χ1n) is 7.63. The molecule has 7 nitrogen and oxygen atoms in total. The molecule has 0 saturated heterocycles. The Hall–Kier alpha value is -2.95. The lowest BCUT2D eigenvalue weighted by Gasteiger charge is -2.17. The number of benzene rings is 2. The van der Waals surface area contributed by atoms with Crippen LogP contribution < -0.4 is 14.2 Å². The largest absolute Gasteiger partial charge is 0.493 e. The van der Waals surface area contributed by atoms with E-state index >= 15 is 0 Å². The molecule has 0 amide bonds. The summed E-state index contributed by atoms with van der Waals surface area (Å²) in [5.74, 6) is -2.32. The number of sulfonamides is 1. The van der Waals surface area contributed by atoms with E-state index in [1.807, 2.05) is 0 Å². The molecule has 0 heterocycles. The highest BCUT2D eigenvalue weighted by Crippen LogP contribution is 2.36. The number of ether oxygens (including phenoxy) is 3. The Labute approximate surface area is 159 Å². The van der Waals surface area contributed by atoms with E-state index in [1.54, 1.807) is 0 Å². The number of halogens is 3.